The van der Waals surface area contributed by atoms with Crippen LogP contribution in [0, 0.1) is 18.8 Å². The van der Waals surface area contributed by atoms with Crippen molar-refractivity contribution in [2.75, 3.05) is 0 Å². The molecule has 0 aromatic heterocycles. The van der Waals surface area contributed by atoms with Crippen LogP contribution in [0.3, 0.4) is 0 Å². The Morgan fingerprint density at radius 1 is 1.32 bits per heavy atom. The predicted octanol–water partition coefficient (Wildman–Crippen LogP) is 2.66. The molecule has 0 aliphatic heterocycles. The van der Waals surface area contributed by atoms with Crippen molar-refractivity contribution in [1.29, 1.82) is 0 Å². The van der Waals surface area contributed by atoms with E-state index >= 15 is 0 Å². The first kappa shape index (κ1) is 16.5. The molecule has 0 unspecified atom stereocenters. The molecule has 0 radical (unpaired) electrons. The van der Waals surface area contributed by atoms with Crippen molar-refractivity contribution in [3.05, 3.63) is 35.4 Å². The van der Waals surface area contributed by atoms with E-state index in [1.807, 2.05) is 39.0 Å². The fraction of sp³-hybridized carbons (Fsp3) is 0.556. The molecule has 0 saturated heterocycles. The number of nitrogens with one attached hydrogen (secondary N) is 2. The number of hydrogen-bond donors (Lipinski definition) is 2. The summed E-state index contributed by atoms with van der Waals surface area (Å²) in [5.41, 5.74) is 1.62. The molecular weight excluding hydrogens is 276 g/mol. The van der Waals surface area contributed by atoms with E-state index in [2.05, 4.69) is 17.6 Å². The van der Waals surface area contributed by atoms with Gasteiger partial charge in [0.1, 0.15) is 6.04 Å². The third-order valence-corrected chi connectivity index (χ3v) is 4.29. The largest absolute Gasteiger partial charge is 0.351 e. The lowest BCUT2D eigenvalue weighted by Gasteiger charge is -2.22. The Balaban J connectivity index is 1.99. The molecule has 2 rings (SSSR count). The molecule has 22 heavy (non-hydrogen) atoms. The maximum absolute atomic E-state index is 12.4. The van der Waals surface area contributed by atoms with Gasteiger partial charge < -0.3 is 10.6 Å². The fourth-order valence-electron chi connectivity index (χ4n) is 2.69. The highest BCUT2D eigenvalue weighted by molar-refractivity contribution is 5.97. The lowest BCUT2D eigenvalue weighted by molar-refractivity contribution is -0.124. The first-order valence-electron chi connectivity index (χ1n) is 8.10. The molecule has 1 aliphatic carbocycles. The fourth-order valence-corrected chi connectivity index (χ4v) is 2.69. The Morgan fingerprint density at radius 3 is 2.59 bits per heavy atom. The number of aryl methyl sites for hydroxylation is 1. The van der Waals surface area contributed by atoms with E-state index in [1.54, 1.807) is 6.07 Å². The van der Waals surface area contributed by atoms with Gasteiger partial charge in [-0.05, 0) is 37.3 Å². The van der Waals surface area contributed by atoms with Crippen molar-refractivity contribution in [3.63, 3.8) is 0 Å². The summed E-state index contributed by atoms with van der Waals surface area (Å²) >= 11 is 0. The predicted molar refractivity (Wildman–Crippen MR) is 87.6 cm³/mol. The number of carbonyl (C=O) groups excluding carboxylic acids is 2. The molecule has 1 aliphatic rings. The summed E-state index contributed by atoms with van der Waals surface area (Å²) in [5.74, 6) is 0.383. The van der Waals surface area contributed by atoms with Crippen LogP contribution in [0.25, 0.3) is 0 Å². The summed E-state index contributed by atoms with van der Waals surface area (Å²) in [6.45, 7) is 7.98. The standard InChI is InChI=1S/C18H26N2O2/c1-5-13-10-15(13)19-18(22)16(11(2)3)20-17(21)14-8-6-7-12(4)9-14/h6-9,11,13,15-16H,5,10H2,1-4H3,(H,19,22)(H,20,21)/t13-,15+,16+/m1/s1. The lowest BCUT2D eigenvalue weighted by Crippen LogP contribution is -2.50. The average molecular weight is 302 g/mol. The minimum Gasteiger partial charge on any atom is -0.351 e. The Morgan fingerprint density at radius 2 is 2.05 bits per heavy atom. The van der Waals surface area contributed by atoms with E-state index in [1.165, 1.54) is 0 Å². The number of amides is 2. The van der Waals surface area contributed by atoms with Crippen LogP contribution in [-0.2, 0) is 4.79 Å². The van der Waals surface area contributed by atoms with Gasteiger partial charge >= 0.3 is 0 Å². The SMILES string of the molecule is CC[C@@H]1C[C@@H]1NC(=O)[C@@H](NC(=O)c1cccc(C)c1)C(C)C. The van der Waals surface area contributed by atoms with E-state index < -0.39 is 6.04 Å². The second kappa shape index (κ2) is 6.95. The summed E-state index contributed by atoms with van der Waals surface area (Å²) in [6.07, 6.45) is 2.14. The average Bonchev–Trinajstić information content (AvgIpc) is 3.22. The summed E-state index contributed by atoms with van der Waals surface area (Å²) in [7, 11) is 0. The van der Waals surface area contributed by atoms with E-state index in [-0.39, 0.29) is 23.8 Å². The number of benzene rings is 1. The van der Waals surface area contributed by atoms with Gasteiger partial charge in [-0.1, -0.05) is 44.9 Å². The molecule has 1 aromatic carbocycles. The molecule has 1 saturated carbocycles. The lowest BCUT2D eigenvalue weighted by atomic mass is 10.0. The first-order chi connectivity index (χ1) is 10.4. The summed E-state index contributed by atoms with van der Waals surface area (Å²) < 4.78 is 0. The van der Waals surface area contributed by atoms with Gasteiger partial charge in [0.2, 0.25) is 5.91 Å². The zero-order chi connectivity index (χ0) is 16.3. The molecule has 1 fully saturated rings. The molecule has 0 bridgehead atoms. The minimum absolute atomic E-state index is 0.0487. The molecule has 1 aromatic rings. The van der Waals surface area contributed by atoms with Gasteiger partial charge in [0.05, 0.1) is 0 Å². The topological polar surface area (TPSA) is 58.2 Å². The summed E-state index contributed by atoms with van der Waals surface area (Å²) in [5, 5.41) is 5.93. The summed E-state index contributed by atoms with van der Waals surface area (Å²) in [4.78, 5) is 24.8. The zero-order valence-corrected chi connectivity index (χ0v) is 13.8. The minimum atomic E-state index is -0.494. The Bertz CT molecular complexity index is 554. The van der Waals surface area contributed by atoms with Crippen LogP contribution in [0.15, 0.2) is 24.3 Å². The normalized spacial score (nSPS) is 21.3. The Labute approximate surface area is 132 Å². The highest BCUT2D eigenvalue weighted by Gasteiger charge is 2.38. The van der Waals surface area contributed by atoms with Gasteiger partial charge in [0.25, 0.3) is 5.91 Å². The van der Waals surface area contributed by atoms with Gasteiger partial charge in [-0.15, -0.1) is 0 Å². The van der Waals surface area contributed by atoms with Gasteiger partial charge in [0, 0.05) is 11.6 Å². The van der Waals surface area contributed by atoms with Gasteiger partial charge in [0.15, 0.2) is 0 Å². The molecular formula is C18H26N2O2. The molecule has 120 valence electrons. The molecule has 2 N–H and O–H groups in total. The quantitative estimate of drug-likeness (QED) is 0.849. The Kier molecular flexibility index (Phi) is 5.22. The van der Waals surface area contributed by atoms with Crippen molar-refractivity contribution in [2.24, 2.45) is 11.8 Å². The van der Waals surface area contributed by atoms with Crippen molar-refractivity contribution in [1.82, 2.24) is 10.6 Å². The van der Waals surface area contributed by atoms with E-state index in [0.717, 1.165) is 18.4 Å². The van der Waals surface area contributed by atoms with Crippen LogP contribution < -0.4 is 10.6 Å². The van der Waals surface area contributed by atoms with E-state index in [0.29, 0.717) is 11.5 Å². The van der Waals surface area contributed by atoms with E-state index in [4.69, 9.17) is 0 Å². The van der Waals surface area contributed by atoms with Gasteiger partial charge in [-0.25, -0.2) is 0 Å². The zero-order valence-electron chi connectivity index (χ0n) is 13.8. The first-order valence-corrected chi connectivity index (χ1v) is 8.10. The van der Waals surface area contributed by atoms with Gasteiger partial charge in [-0.2, -0.15) is 0 Å². The molecule has 4 nitrogen and oxygen atoms in total. The van der Waals surface area contributed by atoms with Crippen molar-refractivity contribution in [2.45, 2.75) is 52.6 Å². The van der Waals surface area contributed by atoms with Crippen LogP contribution >= 0.6 is 0 Å². The van der Waals surface area contributed by atoms with Gasteiger partial charge in [-0.3, -0.25) is 9.59 Å². The number of carbonyl (C=O) groups is 2. The monoisotopic (exact) mass is 302 g/mol. The summed E-state index contributed by atoms with van der Waals surface area (Å²) in [6, 6.07) is 7.19. The molecule has 0 heterocycles. The smallest absolute Gasteiger partial charge is 0.251 e. The highest BCUT2D eigenvalue weighted by Crippen LogP contribution is 2.33. The second-order valence-corrected chi connectivity index (χ2v) is 6.58. The molecule has 3 atom stereocenters. The maximum Gasteiger partial charge on any atom is 0.251 e. The van der Waals surface area contributed by atoms with Crippen LogP contribution in [0.5, 0.6) is 0 Å². The maximum atomic E-state index is 12.4. The van der Waals surface area contributed by atoms with Crippen LogP contribution in [-0.4, -0.2) is 23.9 Å². The number of rotatable bonds is 6. The van der Waals surface area contributed by atoms with Crippen LogP contribution in [0.2, 0.25) is 0 Å². The van der Waals surface area contributed by atoms with E-state index in [9.17, 15) is 9.59 Å². The third kappa shape index (κ3) is 4.09. The Hall–Kier alpha value is -1.84. The van der Waals surface area contributed by atoms with Crippen molar-refractivity contribution in [3.8, 4) is 0 Å². The molecule has 2 amide bonds. The van der Waals surface area contributed by atoms with Crippen LogP contribution in [0.4, 0.5) is 0 Å². The van der Waals surface area contributed by atoms with Crippen molar-refractivity contribution >= 4 is 11.8 Å². The van der Waals surface area contributed by atoms with Crippen LogP contribution in [0.1, 0.15) is 49.5 Å². The van der Waals surface area contributed by atoms with Crippen molar-refractivity contribution < 1.29 is 9.59 Å². The highest BCUT2D eigenvalue weighted by atomic mass is 16.2. The second-order valence-electron chi connectivity index (χ2n) is 6.58. The molecule has 4 heteroatoms. The number of hydrogen-bond acceptors (Lipinski definition) is 2. The third-order valence-electron chi connectivity index (χ3n) is 4.29. The molecule has 0 spiro atoms.